The molecule has 21 heavy (non-hydrogen) atoms. The Hall–Kier alpha value is -2.48. The van der Waals surface area contributed by atoms with Gasteiger partial charge in [-0.1, -0.05) is 11.3 Å². The average Bonchev–Trinajstić information content (AvgIpc) is 2.98. The smallest absolute Gasteiger partial charge is 0.264 e. The molecule has 0 radical (unpaired) electrons. The first kappa shape index (κ1) is 13.5. The molecule has 0 atom stereocenters. The van der Waals surface area contributed by atoms with Crippen LogP contribution in [0.2, 0.25) is 0 Å². The predicted octanol–water partition coefficient (Wildman–Crippen LogP) is 1.44. The van der Waals surface area contributed by atoms with Gasteiger partial charge in [-0.15, -0.1) is 10.2 Å². The minimum Gasteiger partial charge on any atom is -0.484 e. The van der Waals surface area contributed by atoms with E-state index in [1.165, 1.54) is 16.8 Å². The molecule has 2 heterocycles. The van der Waals surface area contributed by atoms with Gasteiger partial charge in [-0.2, -0.15) is 0 Å². The monoisotopic (exact) mass is 304 g/mol. The normalized spacial score (nSPS) is 13.2. The first-order valence-corrected chi connectivity index (χ1v) is 7.20. The fourth-order valence-electron chi connectivity index (χ4n) is 1.98. The molecular formula is C13H12N4O3S. The van der Waals surface area contributed by atoms with Crippen LogP contribution in [0.3, 0.4) is 0 Å². The summed E-state index contributed by atoms with van der Waals surface area (Å²) in [6, 6.07) is 5.35. The van der Waals surface area contributed by atoms with E-state index in [0.717, 1.165) is 11.3 Å². The van der Waals surface area contributed by atoms with E-state index in [9.17, 15) is 9.59 Å². The fourth-order valence-corrected chi connectivity index (χ4v) is 2.44. The summed E-state index contributed by atoms with van der Waals surface area (Å²) >= 11 is 1.24. The number of aromatic nitrogens is 2. The van der Waals surface area contributed by atoms with Crippen molar-refractivity contribution in [2.24, 2.45) is 0 Å². The molecule has 1 aromatic heterocycles. The molecule has 0 fully saturated rings. The van der Waals surface area contributed by atoms with Gasteiger partial charge in [0.05, 0.1) is 0 Å². The van der Waals surface area contributed by atoms with Crippen LogP contribution in [0, 0.1) is 0 Å². The van der Waals surface area contributed by atoms with Crippen molar-refractivity contribution >= 4 is 34.0 Å². The first-order valence-electron chi connectivity index (χ1n) is 6.32. The van der Waals surface area contributed by atoms with E-state index in [1.54, 1.807) is 12.1 Å². The Balaban J connectivity index is 1.58. The number of hydrogen-bond donors (Lipinski definition) is 2. The second kappa shape index (κ2) is 5.88. The number of ether oxygens (including phenoxy) is 1. The highest BCUT2D eigenvalue weighted by atomic mass is 32.1. The second-order valence-corrected chi connectivity index (χ2v) is 5.28. The van der Waals surface area contributed by atoms with E-state index in [-0.39, 0.29) is 18.4 Å². The van der Waals surface area contributed by atoms with Gasteiger partial charge in [0.1, 0.15) is 11.3 Å². The van der Waals surface area contributed by atoms with Crippen molar-refractivity contribution in [1.29, 1.82) is 0 Å². The summed E-state index contributed by atoms with van der Waals surface area (Å²) in [5.74, 6) is 0.322. The zero-order valence-corrected chi connectivity index (χ0v) is 11.8. The Morgan fingerprint density at radius 1 is 1.43 bits per heavy atom. The van der Waals surface area contributed by atoms with Gasteiger partial charge in [0.15, 0.2) is 6.61 Å². The minimum atomic E-state index is -0.294. The largest absolute Gasteiger partial charge is 0.484 e. The molecule has 108 valence electrons. The highest BCUT2D eigenvalue weighted by Crippen LogP contribution is 2.26. The Labute approximate surface area is 124 Å². The molecule has 1 aliphatic rings. The maximum atomic E-state index is 11.7. The molecule has 0 spiro atoms. The van der Waals surface area contributed by atoms with Crippen LogP contribution in [-0.4, -0.2) is 28.6 Å². The molecule has 1 aliphatic heterocycles. The molecule has 0 saturated carbocycles. The van der Waals surface area contributed by atoms with Crippen LogP contribution in [0.5, 0.6) is 5.75 Å². The number of hydrogen-bond acceptors (Lipinski definition) is 6. The SMILES string of the molecule is O=C(COc1ccc2c(c1)CCC(=O)N2)Nc1nncs1. The molecule has 2 amide bonds. The molecule has 3 rings (SSSR count). The quantitative estimate of drug-likeness (QED) is 0.891. The van der Waals surface area contributed by atoms with Gasteiger partial charge < -0.3 is 10.1 Å². The predicted molar refractivity (Wildman–Crippen MR) is 77.4 cm³/mol. The van der Waals surface area contributed by atoms with Crippen LogP contribution >= 0.6 is 11.3 Å². The van der Waals surface area contributed by atoms with Crippen molar-refractivity contribution in [2.75, 3.05) is 17.2 Å². The van der Waals surface area contributed by atoms with Crippen molar-refractivity contribution in [1.82, 2.24) is 10.2 Å². The molecule has 0 unspecified atom stereocenters. The number of benzene rings is 1. The Kier molecular flexibility index (Phi) is 3.78. The summed E-state index contributed by atoms with van der Waals surface area (Å²) in [4.78, 5) is 22.9. The Morgan fingerprint density at radius 3 is 3.14 bits per heavy atom. The number of amides is 2. The van der Waals surface area contributed by atoms with E-state index < -0.39 is 0 Å². The molecule has 1 aromatic carbocycles. The van der Waals surface area contributed by atoms with Crippen LogP contribution in [-0.2, 0) is 16.0 Å². The lowest BCUT2D eigenvalue weighted by atomic mass is 10.0. The molecule has 0 saturated heterocycles. The maximum Gasteiger partial charge on any atom is 0.264 e. The van der Waals surface area contributed by atoms with Crippen LogP contribution in [0.1, 0.15) is 12.0 Å². The number of nitrogens with one attached hydrogen (secondary N) is 2. The lowest BCUT2D eigenvalue weighted by Crippen LogP contribution is -2.21. The zero-order chi connectivity index (χ0) is 14.7. The van der Waals surface area contributed by atoms with Gasteiger partial charge in [-0.05, 0) is 30.2 Å². The van der Waals surface area contributed by atoms with Crippen LogP contribution < -0.4 is 15.4 Å². The van der Waals surface area contributed by atoms with Crippen LogP contribution in [0.4, 0.5) is 10.8 Å². The van der Waals surface area contributed by atoms with Crippen LogP contribution in [0.15, 0.2) is 23.7 Å². The minimum absolute atomic E-state index is 0.0209. The molecule has 0 bridgehead atoms. The third kappa shape index (κ3) is 3.34. The van der Waals surface area contributed by atoms with E-state index in [0.29, 0.717) is 23.7 Å². The topological polar surface area (TPSA) is 93.2 Å². The summed E-state index contributed by atoms with van der Waals surface area (Å²) < 4.78 is 5.44. The molecule has 2 N–H and O–H groups in total. The summed E-state index contributed by atoms with van der Waals surface area (Å²) in [6.45, 7) is -0.106. The Morgan fingerprint density at radius 2 is 2.33 bits per heavy atom. The third-order valence-corrected chi connectivity index (χ3v) is 3.56. The van der Waals surface area contributed by atoms with Gasteiger partial charge in [-0.3, -0.25) is 14.9 Å². The van der Waals surface area contributed by atoms with Crippen molar-refractivity contribution in [2.45, 2.75) is 12.8 Å². The van der Waals surface area contributed by atoms with Crippen molar-refractivity contribution < 1.29 is 14.3 Å². The van der Waals surface area contributed by atoms with Gasteiger partial charge in [0, 0.05) is 12.1 Å². The maximum absolute atomic E-state index is 11.7. The highest BCUT2D eigenvalue weighted by molar-refractivity contribution is 7.13. The van der Waals surface area contributed by atoms with Crippen molar-refractivity contribution in [3.05, 3.63) is 29.3 Å². The van der Waals surface area contributed by atoms with E-state index in [4.69, 9.17) is 4.74 Å². The molecule has 2 aromatic rings. The number of nitrogens with zero attached hydrogens (tertiary/aromatic N) is 2. The lowest BCUT2D eigenvalue weighted by molar-refractivity contribution is -0.118. The molecule has 0 aliphatic carbocycles. The van der Waals surface area contributed by atoms with Crippen molar-refractivity contribution in [3.63, 3.8) is 0 Å². The van der Waals surface area contributed by atoms with E-state index in [2.05, 4.69) is 20.8 Å². The summed E-state index contributed by atoms with van der Waals surface area (Å²) in [5.41, 5.74) is 3.35. The van der Waals surface area contributed by atoms with Gasteiger partial charge in [0.2, 0.25) is 11.0 Å². The number of rotatable bonds is 4. The lowest BCUT2D eigenvalue weighted by Gasteiger charge is -2.17. The zero-order valence-electron chi connectivity index (χ0n) is 11.0. The molecule has 7 nitrogen and oxygen atoms in total. The van der Waals surface area contributed by atoms with Crippen LogP contribution in [0.25, 0.3) is 0 Å². The van der Waals surface area contributed by atoms with Gasteiger partial charge in [-0.25, -0.2) is 0 Å². The average molecular weight is 304 g/mol. The number of fused-ring (bicyclic) bond motifs is 1. The number of aryl methyl sites for hydroxylation is 1. The number of carbonyl (C=O) groups excluding carboxylic acids is 2. The fraction of sp³-hybridized carbons (Fsp3) is 0.231. The second-order valence-electron chi connectivity index (χ2n) is 4.45. The van der Waals surface area contributed by atoms with Gasteiger partial charge in [0.25, 0.3) is 5.91 Å². The summed E-state index contributed by atoms with van der Waals surface area (Å²) in [6.07, 6.45) is 1.14. The molecular weight excluding hydrogens is 292 g/mol. The third-order valence-electron chi connectivity index (χ3n) is 2.95. The highest BCUT2D eigenvalue weighted by Gasteiger charge is 2.15. The van der Waals surface area contributed by atoms with E-state index in [1.807, 2.05) is 6.07 Å². The van der Waals surface area contributed by atoms with E-state index >= 15 is 0 Å². The summed E-state index contributed by atoms with van der Waals surface area (Å²) in [7, 11) is 0. The van der Waals surface area contributed by atoms with Gasteiger partial charge >= 0.3 is 0 Å². The molecule has 8 heteroatoms. The Bertz CT molecular complexity index is 672. The standard InChI is InChI=1S/C13H12N4O3S/c18-11-4-1-8-5-9(2-3-10(8)15-11)20-6-12(19)16-13-17-14-7-21-13/h2-3,5,7H,1,4,6H2,(H,15,18)(H,16,17,19). The first-order chi connectivity index (χ1) is 10.2. The number of carbonyl (C=O) groups is 2. The van der Waals surface area contributed by atoms with Crippen molar-refractivity contribution in [3.8, 4) is 5.75 Å². The number of anilines is 2. The summed E-state index contributed by atoms with van der Waals surface area (Å²) in [5, 5.41) is 13.2.